The first-order chi connectivity index (χ1) is 6.29. The zero-order valence-corrected chi connectivity index (χ0v) is 8.17. The van der Waals surface area contributed by atoms with Gasteiger partial charge < -0.3 is 0 Å². The SMILES string of the molecule is CC(C)=C1CCCc2ncncc21. The topological polar surface area (TPSA) is 25.8 Å². The highest BCUT2D eigenvalue weighted by molar-refractivity contribution is 5.70. The summed E-state index contributed by atoms with van der Waals surface area (Å²) in [4.78, 5) is 8.39. The van der Waals surface area contributed by atoms with Gasteiger partial charge in [0.2, 0.25) is 0 Å². The predicted octanol–water partition coefficient (Wildman–Crippen LogP) is 2.61. The Labute approximate surface area is 78.7 Å². The van der Waals surface area contributed by atoms with Crippen molar-refractivity contribution in [2.45, 2.75) is 33.1 Å². The summed E-state index contributed by atoms with van der Waals surface area (Å²) in [5, 5.41) is 0. The fourth-order valence-electron chi connectivity index (χ4n) is 1.89. The average molecular weight is 174 g/mol. The van der Waals surface area contributed by atoms with Crippen molar-refractivity contribution < 1.29 is 0 Å². The molecule has 0 unspecified atom stereocenters. The van der Waals surface area contributed by atoms with Crippen molar-refractivity contribution >= 4 is 5.57 Å². The van der Waals surface area contributed by atoms with Gasteiger partial charge in [0.25, 0.3) is 0 Å². The molecule has 0 N–H and O–H groups in total. The second-order valence-corrected chi connectivity index (χ2v) is 3.72. The van der Waals surface area contributed by atoms with Crippen LogP contribution in [0.15, 0.2) is 18.1 Å². The number of rotatable bonds is 0. The van der Waals surface area contributed by atoms with Gasteiger partial charge in [0.05, 0.1) is 5.69 Å². The number of aromatic nitrogens is 2. The maximum atomic E-state index is 4.31. The second-order valence-electron chi connectivity index (χ2n) is 3.72. The Bertz CT molecular complexity index is 349. The van der Waals surface area contributed by atoms with Crippen LogP contribution in [0, 0.1) is 0 Å². The molecule has 1 aliphatic carbocycles. The zero-order valence-electron chi connectivity index (χ0n) is 8.17. The molecule has 2 rings (SSSR count). The third-order valence-corrected chi connectivity index (χ3v) is 2.56. The molecule has 1 heterocycles. The number of allylic oxidation sites excluding steroid dienone is 2. The molecule has 0 bridgehead atoms. The molecule has 0 radical (unpaired) electrons. The molecule has 2 heteroatoms. The van der Waals surface area contributed by atoms with E-state index in [1.165, 1.54) is 35.2 Å². The van der Waals surface area contributed by atoms with E-state index in [1.807, 2.05) is 6.20 Å². The van der Waals surface area contributed by atoms with Crippen LogP contribution in [0.4, 0.5) is 0 Å². The molecule has 0 saturated carbocycles. The monoisotopic (exact) mass is 174 g/mol. The zero-order chi connectivity index (χ0) is 9.26. The van der Waals surface area contributed by atoms with Crippen molar-refractivity contribution in [2.75, 3.05) is 0 Å². The maximum Gasteiger partial charge on any atom is 0.115 e. The van der Waals surface area contributed by atoms with E-state index in [0.29, 0.717) is 0 Å². The van der Waals surface area contributed by atoms with Crippen molar-refractivity contribution in [1.29, 1.82) is 0 Å². The van der Waals surface area contributed by atoms with E-state index in [0.717, 1.165) is 6.42 Å². The molecule has 0 amide bonds. The van der Waals surface area contributed by atoms with Crippen LogP contribution in [-0.4, -0.2) is 9.97 Å². The molecular weight excluding hydrogens is 160 g/mol. The second kappa shape index (κ2) is 3.29. The van der Waals surface area contributed by atoms with Crippen LogP contribution in [0.3, 0.4) is 0 Å². The van der Waals surface area contributed by atoms with Crippen molar-refractivity contribution in [3.05, 3.63) is 29.4 Å². The number of hydrogen-bond acceptors (Lipinski definition) is 2. The van der Waals surface area contributed by atoms with Crippen LogP contribution in [0.25, 0.3) is 5.57 Å². The summed E-state index contributed by atoms with van der Waals surface area (Å²) in [7, 11) is 0. The minimum Gasteiger partial charge on any atom is -0.244 e. The van der Waals surface area contributed by atoms with Crippen molar-refractivity contribution in [3.8, 4) is 0 Å². The first-order valence-electron chi connectivity index (χ1n) is 4.74. The third kappa shape index (κ3) is 1.48. The number of fused-ring (bicyclic) bond motifs is 1. The van der Waals surface area contributed by atoms with Crippen LogP contribution in [0.1, 0.15) is 37.9 Å². The maximum absolute atomic E-state index is 4.31. The Morgan fingerprint density at radius 1 is 1.31 bits per heavy atom. The Hall–Kier alpha value is -1.18. The minimum absolute atomic E-state index is 1.11. The summed E-state index contributed by atoms with van der Waals surface area (Å²) < 4.78 is 0. The molecule has 13 heavy (non-hydrogen) atoms. The smallest absolute Gasteiger partial charge is 0.115 e. The van der Waals surface area contributed by atoms with Gasteiger partial charge in [-0.05, 0) is 38.7 Å². The van der Waals surface area contributed by atoms with Crippen LogP contribution in [0.2, 0.25) is 0 Å². The lowest BCUT2D eigenvalue weighted by molar-refractivity contribution is 0.782. The van der Waals surface area contributed by atoms with Gasteiger partial charge in [0.15, 0.2) is 0 Å². The van der Waals surface area contributed by atoms with Crippen molar-refractivity contribution in [2.24, 2.45) is 0 Å². The van der Waals surface area contributed by atoms with E-state index in [9.17, 15) is 0 Å². The average Bonchev–Trinajstić information content (AvgIpc) is 2.17. The quantitative estimate of drug-likeness (QED) is 0.604. The van der Waals surface area contributed by atoms with Gasteiger partial charge in [-0.25, -0.2) is 9.97 Å². The molecule has 0 saturated heterocycles. The molecule has 1 aliphatic rings. The normalized spacial score (nSPS) is 15.4. The highest BCUT2D eigenvalue weighted by Crippen LogP contribution is 2.30. The summed E-state index contributed by atoms with van der Waals surface area (Å²) in [5.41, 5.74) is 5.34. The van der Waals surface area contributed by atoms with Crippen LogP contribution in [0.5, 0.6) is 0 Å². The van der Waals surface area contributed by atoms with E-state index in [4.69, 9.17) is 0 Å². The number of aryl methyl sites for hydroxylation is 1. The summed E-state index contributed by atoms with van der Waals surface area (Å²) >= 11 is 0. The van der Waals surface area contributed by atoms with Gasteiger partial charge in [-0.3, -0.25) is 0 Å². The van der Waals surface area contributed by atoms with Crippen molar-refractivity contribution in [3.63, 3.8) is 0 Å². The molecule has 2 nitrogen and oxygen atoms in total. The van der Waals surface area contributed by atoms with E-state index >= 15 is 0 Å². The molecule has 1 aromatic heterocycles. The summed E-state index contributed by atoms with van der Waals surface area (Å²) in [6.07, 6.45) is 7.11. The van der Waals surface area contributed by atoms with Crippen LogP contribution >= 0.6 is 0 Å². The van der Waals surface area contributed by atoms with Gasteiger partial charge in [-0.1, -0.05) is 5.57 Å². The van der Waals surface area contributed by atoms with E-state index in [-0.39, 0.29) is 0 Å². The molecule has 0 fully saturated rings. The minimum atomic E-state index is 1.11. The molecule has 68 valence electrons. The largest absolute Gasteiger partial charge is 0.244 e. The lowest BCUT2D eigenvalue weighted by Crippen LogP contribution is -2.05. The standard InChI is InChI=1S/C11H14N2/c1-8(2)9-4-3-5-11-10(9)6-12-7-13-11/h6-7H,3-5H2,1-2H3. The fraction of sp³-hybridized carbons (Fsp3) is 0.455. The Balaban J connectivity index is 2.55. The van der Waals surface area contributed by atoms with E-state index in [2.05, 4.69) is 23.8 Å². The highest BCUT2D eigenvalue weighted by Gasteiger charge is 2.15. The Kier molecular flexibility index (Phi) is 2.13. The van der Waals surface area contributed by atoms with Gasteiger partial charge in [-0.2, -0.15) is 0 Å². The Morgan fingerprint density at radius 2 is 2.15 bits per heavy atom. The number of nitrogens with zero attached hydrogens (tertiary/aromatic N) is 2. The van der Waals surface area contributed by atoms with Gasteiger partial charge in [-0.15, -0.1) is 0 Å². The summed E-state index contributed by atoms with van der Waals surface area (Å²) in [6, 6.07) is 0. The lowest BCUT2D eigenvalue weighted by Gasteiger charge is -2.18. The molecule has 0 aromatic carbocycles. The van der Waals surface area contributed by atoms with Crippen LogP contribution < -0.4 is 0 Å². The van der Waals surface area contributed by atoms with Gasteiger partial charge in [0.1, 0.15) is 6.33 Å². The first-order valence-corrected chi connectivity index (χ1v) is 4.74. The highest BCUT2D eigenvalue weighted by atomic mass is 14.8. The molecule has 0 aliphatic heterocycles. The van der Waals surface area contributed by atoms with E-state index in [1.54, 1.807) is 6.33 Å². The van der Waals surface area contributed by atoms with Gasteiger partial charge in [0, 0.05) is 11.8 Å². The molecule has 0 atom stereocenters. The Morgan fingerprint density at radius 3 is 2.92 bits per heavy atom. The van der Waals surface area contributed by atoms with Gasteiger partial charge >= 0.3 is 0 Å². The summed E-state index contributed by atoms with van der Waals surface area (Å²) in [6.45, 7) is 4.33. The van der Waals surface area contributed by atoms with Crippen LogP contribution in [-0.2, 0) is 6.42 Å². The lowest BCUT2D eigenvalue weighted by atomic mass is 9.89. The van der Waals surface area contributed by atoms with Crippen molar-refractivity contribution in [1.82, 2.24) is 9.97 Å². The fourth-order valence-corrected chi connectivity index (χ4v) is 1.89. The molecule has 0 spiro atoms. The first kappa shape index (κ1) is 8.42. The predicted molar refractivity (Wildman–Crippen MR) is 53.2 cm³/mol. The van der Waals surface area contributed by atoms with E-state index < -0.39 is 0 Å². The molecular formula is C11H14N2. The molecule has 1 aromatic rings. The number of hydrogen-bond donors (Lipinski definition) is 0. The summed E-state index contributed by atoms with van der Waals surface area (Å²) in [5.74, 6) is 0. The third-order valence-electron chi connectivity index (χ3n) is 2.56.